The van der Waals surface area contributed by atoms with E-state index in [9.17, 15) is 4.79 Å². The normalized spacial score (nSPS) is 17.3. The Bertz CT molecular complexity index is 434. The van der Waals surface area contributed by atoms with Crippen molar-refractivity contribution >= 4 is 5.91 Å². The molecule has 1 aliphatic rings. The maximum Gasteiger partial charge on any atom is 0.264 e. The number of hydrogen-bond donors (Lipinski definition) is 1. The van der Waals surface area contributed by atoms with E-state index in [1.807, 2.05) is 32.3 Å². The third-order valence-corrected chi connectivity index (χ3v) is 2.88. The van der Waals surface area contributed by atoms with Crippen LogP contribution in [-0.4, -0.2) is 50.7 Å². The van der Waals surface area contributed by atoms with E-state index >= 15 is 0 Å². The standard InChI is InChI=1S/C14H20N2O3/c1-16(2)9-5-8-15-14(17)13-10-18-11-6-3-4-7-12(11)19-13/h3-4,6-7,13H,5,8-10H2,1-2H3,(H,15,17)/t13-/m0/s1. The number of rotatable bonds is 5. The first-order chi connectivity index (χ1) is 9.16. The molecule has 19 heavy (non-hydrogen) atoms. The molecule has 1 heterocycles. The molecule has 1 N–H and O–H groups in total. The van der Waals surface area contributed by atoms with Crippen LogP contribution in [0.15, 0.2) is 24.3 Å². The molecular weight excluding hydrogens is 244 g/mol. The van der Waals surface area contributed by atoms with Gasteiger partial charge in [0.05, 0.1) is 0 Å². The largest absolute Gasteiger partial charge is 0.485 e. The molecule has 0 bridgehead atoms. The number of para-hydroxylation sites is 2. The lowest BCUT2D eigenvalue weighted by molar-refractivity contribution is -0.130. The van der Waals surface area contributed by atoms with Gasteiger partial charge in [-0.2, -0.15) is 0 Å². The molecule has 1 amide bonds. The summed E-state index contributed by atoms with van der Waals surface area (Å²) in [6.45, 7) is 1.86. The van der Waals surface area contributed by atoms with E-state index in [1.165, 1.54) is 0 Å². The summed E-state index contributed by atoms with van der Waals surface area (Å²) in [6.07, 6.45) is 0.359. The monoisotopic (exact) mass is 264 g/mol. The van der Waals surface area contributed by atoms with Gasteiger partial charge in [-0.15, -0.1) is 0 Å². The maximum atomic E-state index is 11.9. The van der Waals surface area contributed by atoms with Crippen molar-refractivity contribution in [1.29, 1.82) is 0 Å². The fourth-order valence-electron chi connectivity index (χ4n) is 1.87. The van der Waals surface area contributed by atoms with E-state index < -0.39 is 6.10 Å². The first-order valence-corrected chi connectivity index (χ1v) is 6.48. The SMILES string of the molecule is CN(C)CCCNC(=O)[C@@H]1COc2ccccc2O1. The highest BCUT2D eigenvalue weighted by atomic mass is 16.6. The van der Waals surface area contributed by atoms with Crippen LogP contribution >= 0.6 is 0 Å². The first-order valence-electron chi connectivity index (χ1n) is 6.48. The summed E-state index contributed by atoms with van der Waals surface area (Å²) in [5.41, 5.74) is 0. The molecule has 0 spiro atoms. The van der Waals surface area contributed by atoms with Crippen LogP contribution in [0.4, 0.5) is 0 Å². The lowest BCUT2D eigenvalue weighted by atomic mass is 10.2. The molecule has 5 heteroatoms. The predicted molar refractivity (Wildman–Crippen MR) is 72.5 cm³/mol. The Morgan fingerprint density at radius 3 is 2.84 bits per heavy atom. The molecule has 0 aliphatic carbocycles. The van der Waals surface area contributed by atoms with Crippen molar-refractivity contribution < 1.29 is 14.3 Å². The quantitative estimate of drug-likeness (QED) is 0.803. The third kappa shape index (κ3) is 3.86. The van der Waals surface area contributed by atoms with Gasteiger partial charge in [-0.05, 0) is 39.2 Å². The Kier molecular flexibility index (Phi) is 4.63. The molecule has 0 saturated heterocycles. The van der Waals surface area contributed by atoms with Crippen LogP contribution in [0, 0.1) is 0 Å². The van der Waals surface area contributed by atoms with Crippen molar-refractivity contribution in [2.75, 3.05) is 33.8 Å². The minimum absolute atomic E-state index is 0.117. The van der Waals surface area contributed by atoms with Crippen LogP contribution in [0.5, 0.6) is 11.5 Å². The van der Waals surface area contributed by atoms with Gasteiger partial charge >= 0.3 is 0 Å². The second-order valence-corrected chi connectivity index (χ2v) is 4.81. The number of hydrogen-bond acceptors (Lipinski definition) is 4. The zero-order valence-corrected chi connectivity index (χ0v) is 11.4. The molecule has 0 saturated carbocycles. The second kappa shape index (κ2) is 6.43. The fraction of sp³-hybridized carbons (Fsp3) is 0.500. The molecule has 0 radical (unpaired) electrons. The molecule has 104 valence electrons. The van der Waals surface area contributed by atoms with Crippen LogP contribution in [0.2, 0.25) is 0 Å². The Morgan fingerprint density at radius 1 is 1.37 bits per heavy atom. The van der Waals surface area contributed by atoms with Crippen LogP contribution in [-0.2, 0) is 4.79 Å². The highest BCUT2D eigenvalue weighted by Crippen LogP contribution is 2.30. The van der Waals surface area contributed by atoms with Crippen molar-refractivity contribution in [3.63, 3.8) is 0 Å². The van der Waals surface area contributed by atoms with Gasteiger partial charge in [-0.25, -0.2) is 0 Å². The Hall–Kier alpha value is -1.75. The molecule has 1 aromatic rings. The van der Waals surface area contributed by atoms with Crippen LogP contribution < -0.4 is 14.8 Å². The summed E-state index contributed by atoms with van der Waals surface area (Å²) in [5, 5.41) is 2.87. The highest BCUT2D eigenvalue weighted by Gasteiger charge is 2.26. The molecule has 0 unspecified atom stereocenters. The zero-order chi connectivity index (χ0) is 13.7. The summed E-state index contributed by atoms with van der Waals surface area (Å²) in [6, 6.07) is 7.38. The number of carbonyl (C=O) groups excluding carboxylic acids is 1. The van der Waals surface area contributed by atoms with E-state index in [0.717, 1.165) is 13.0 Å². The van der Waals surface area contributed by atoms with E-state index in [1.54, 1.807) is 6.07 Å². The van der Waals surface area contributed by atoms with Crippen molar-refractivity contribution in [2.45, 2.75) is 12.5 Å². The number of ether oxygens (including phenoxy) is 2. The van der Waals surface area contributed by atoms with Gasteiger partial charge in [0.25, 0.3) is 5.91 Å². The van der Waals surface area contributed by atoms with E-state index in [0.29, 0.717) is 18.0 Å². The fourth-order valence-corrected chi connectivity index (χ4v) is 1.87. The van der Waals surface area contributed by atoms with E-state index in [-0.39, 0.29) is 12.5 Å². The second-order valence-electron chi connectivity index (χ2n) is 4.81. The van der Waals surface area contributed by atoms with Crippen LogP contribution in [0.25, 0.3) is 0 Å². The summed E-state index contributed by atoms with van der Waals surface area (Å²) in [5.74, 6) is 1.20. The lowest BCUT2D eigenvalue weighted by Gasteiger charge is -2.25. The van der Waals surface area contributed by atoms with Gasteiger partial charge in [0.1, 0.15) is 6.61 Å². The molecule has 2 rings (SSSR count). The van der Waals surface area contributed by atoms with E-state index in [4.69, 9.17) is 9.47 Å². The van der Waals surface area contributed by atoms with Crippen molar-refractivity contribution in [2.24, 2.45) is 0 Å². The maximum absolute atomic E-state index is 11.9. The molecule has 0 aromatic heterocycles. The summed E-state index contributed by atoms with van der Waals surface area (Å²) in [7, 11) is 4.02. The number of benzene rings is 1. The number of carbonyl (C=O) groups is 1. The third-order valence-electron chi connectivity index (χ3n) is 2.88. The predicted octanol–water partition coefficient (Wildman–Crippen LogP) is 0.894. The molecule has 1 atom stereocenters. The number of amides is 1. The molecule has 1 aromatic carbocycles. The highest BCUT2D eigenvalue weighted by molar-refractivity contribution is 5.81. The van der Waals surface area contributed by atoms with Crippen LogP contribution in [0.3, 0.4) is 0 Å². The smallest absolute Gasteiger partial charge is 0.264 e. The van der Waals surface area contributed by atoms with Gasteiger partial charge in [-0.3, -0.25) is 4.79 Å². The zero-order valence-electron chi connectivity index (χ0n) is 11.4. The van der Waals surface area contributed by atoms with Crippen molar-refractivity contribution in [3.8, 4) is 11.5 Å². The van der Waals surface area contributed by atoms with E-state index in [2.05, 4.69) is 10.2 Å². The van der Waals surface area contributed by atoms with Crippen molar-refractivity contribution in [3.05, 3.63) is 24.3 Å². The average molecular weight is 264 g/mol. The first kappa shape index (κ1) is 13.7. The Morgan fingerprint density at radius 2 is 2.11 bits per heavy atom. The van der Waals surface area contributed by atoms with Gasteiger partial charge < -0.3 is 19.7 Å². The minimum Gasteiger partial charge on any atom is -0.485 e. The Labute approximate surface area is 113 Å². The topological polar surface area (TPSA) is 50.8 Å². The number of fused-ring (bicyclic) bond motifs is 1. The number of nitrogens with zero attached hydrogens (tertiary/aromatic N) is 1. The minimum atomic E-state index is -0.561. The summed E-state index contributed by atoms with van der Waals surface area (Å²) >= 11 is 0. The summed E-state index contributed by atoms with van der Waals surface area (Å²) < 4.78 is 11.1. The van der Waals surface area contributed by atoms with Gasteiger partial charge in [-0.1, -0.05) is 12.1 Å². The molecular formula is C14H20N2O3. The van der Waals surface area contributed by atoms with Crippen molar-refractivity contribution in [1.82, 2.24) is 10.2 Å². The summed E-state index contributed by atoms with van der Waals surface area (Å²) in [4.78, 5) is 14.0. The average Bonchev–Trinajstić information content (AvgIpc) is 2.42. The lowest BCUT2D eigenvalue weighted by Crippen LogP contribution is -2.44. The van der Waals surface area contributed by atoms with Crippen LogP contribution in [0.1, 0.15) is 6.42 Å². The molecule has 1 aliphatic heterocycles. The molecule has 5 nitrogen and oxygen atoms in total. The van der Waals surface area contributed by atoms with Gasteiger partial charge in [0.2, 0.25) is 6.10 Å². The van der Waals surface area contributed by atoms with Gasteiger partial charge in [0.15, 0.2) is 11.5 Å². The Balaban J connectivity index is 1.79. The molecule has 0 fully saturated rings. The number of nitrogens with one attached hydrogen (secondary N) is 1. The van der Waals surface area contributed by atoms with Gasteiger partial charge in [0, 0.05) is 6.54 Å².